The van der Waals surface area contributed by atoms with Crippen LogP contribution in [0.3, 0.4) is 0 Å². The molecule has 0 bridgehead atoms. The Morgan fingerprint density at radius 1 is 1.11 bits per heavy atom. The van der Waals surface area contributed by atoms with Gasteiger partial charge in [-0.3, -0.25) is 0 Å². The fourth-order valence-corrected chi connectivity index (χ4v) is 3.43. The molecule has 0 saturated carbocycles. The van der Waals surface area contributed by atoms with E-state index in [4.69, 9.17) is 0 Å². The maximum Gasteiger partial charge on any atom is 0.0144 e. The molecule has 0 radical (unpaired) electrons. The zero-order chi connectivity index (χ0) is 13.2. The fraction of sp³-hybridized carbons (Fsp3) is 0.750. The van der Waals surface area contributed by atoms with Crippen molar-refractivity contribution in [1.29, 1.82) is 0 Å². The third-order valence-corrected chi connectivity index (χ3v) is 4.44. The van der Waals surface area contributed by atoms with E-state index < -0.39 is 0 Å². The third-order valence-electron chi connectivity index (χ3n) is 3.55. The number of rotatable bonds is 10. The van der Waals surface area contributed by atoms with Gasteiger partial charge >= 0.3 is 0 Å². The van der Waals surface area contributed by atoms with Crippen LogP contribution >= 0.6 is 11.3 Å². The van der Waals surface area contributed by atoms with Gasteiger partial charge in [0.2, 0.25) is 0 Å². The SMILES string of the molecule is CCCNC(Cc1cccs1)C(CCC)CCC. The first-order valence-electron chi connectivity index (χ1n) is 7.57. The van der Waals surface area contributed by atoms with Gasteiger partial charge in [0.1, 0.15) is 0 Å². The molecule has 1 rings (SSSR count). The van der Waals surface area contributed by atoms with Gasteiger partial charge in [-0.05, 0) is 49.6 Å². The molecule has 0 saturated heterocycles. The topological polar surface area (TPSA) is 12.0 Å². The van der Waals surface area contributed by atoms with Crippen molar-refractivity contribution >= 4 is 11.3 Å². The van der Waals surface area contributed by atoms with Crippen molar-refractivity contribution in [2.24, 2.45) is 5.92 Å². The Kier molecular flexibility index (Phi) is 8.36. The van der Waals surface area contributed by atoms with E-state index in [1.807, 2.05) is 11.3 Å². The predicted octanol–water partition coefficient (Wildman–Crippen LogP) is 4.88. The lowest BCUT2D eigenvalue weighted by Crippen LogP contribution is -2.38. The number of thiophene rings is 1. The largest absolute Gasteiger partial charge is 0.313 e. The summed E-state index contributed by atoms with van der Waals surface area (Å²) < 4.78 is 0. The van der Waals surface area contributed by atoms with Gasteiger partial charge in [-0.25, -0.2) is 0 Å². The molecular formula is C16H29NS. The second-order valence-corrected chi connectivity index (χ2v) is 6.21. The molecule has 1 aromatic heterocycles. The van der Waals surface area contributed by atoms with Crippen LogP contribution in [0.1, 0.15) is 57.8 Å². The van der Waals surface area contributed by atoms with Crippen molar-refractivity contribution < 1.29 is 0 Å². The van der Waals surface area contributed by atoms with Crippen molar-refractivity contribution in [2.75, 3.05) is 6.54 Å². The molecule has 1 atom stereocenters. The van der Waals surface area contributed by atoms with Gasteiger partial charge in [0.05, 0.1) is 0 Å². The Bertz CT molecular complexity index is 275. The summed E-state index contributed by atoms with van der Waals surface area (Å²) in [6.07, 6.45) is 7.77. The average Bonchev–Trinajstić information content (AvgIpc) is 2.87. The van der Waals surface area contributed by atoms with E-state index in [-0.39, 0.29) is 0 Å². The molecule has 0 aliphatic rings. The summed E-state index contributed by atoms with van der Waals surface area (Å²) in [5.74, 6) is 0.841. The highest BCUT2D eigenvalue weighted by Crippen LogP contribution is 2.22. The van der Waals surface area contributed by atoms with Crippen molar-refractivity contribution in [1.82, 2.24) is 5.32 Å². The van der Waals surface area contributed by atoms with E-state index in [1.165, 1.54) is 43.4 Å². The third kappa shape index (κ3) is 5.53. The van der Waals surface area contributed by atoms with E-state index in [1.54, 1.807) is 0 Å². The second-order valence-electron chi connectivity index (χ2n) is 5.18. The predicted molar refractivity (Wildman–Crippen MR) is 83.4 cm³/mol. The molecule has 0 fully saturated rings. The van der Waals surface area contributed by atoms with Gasteiger partial charge in [-0.15, -0.1) is 11.3 Å². The Morgan fingerprint density at radius 2 is 1.83 bits per heavy atom. The quantitative estimate of drug-likeness (QED) is 0.637. The molecule has 0 aromatic carbocycles. The van der Waals surface area contributed by atoms with E-state index in [9.17, 15) is 0 Å². The zero-order valence-electron chi connectivity index (χ0n) is 12.2. The lowest BCUT2D eigenvalue weighted by atomic mass is 9.88. The highest BCUT2D eigenvalue weighted by atomic mass is 32.1. The Morgan fingerprint density at radius 3 is 2.33 bits per heavy atom. The molecule has 0 aliphatic carbocycles. The van der Waals surface area contributed by atoms with Crippen LogP contribution in [0, 0.1) is 5.92 Å². The van der Waals surface area contributed by atoms with Gasteiger partial charge in [-0.2, -0.15) is 0 Å². The molecule has 0 spiro atoms. The van der Waals surface area contributed by atoms with E-state index in [0.717, 1.165) is 12.5 Å². The number of nitrogens with one attached hydrogen (secondary N) is 1. The summed E-state index contributed by atoms with van der Waals surface area (Å²) in [7, 11) is 0. The van der Waals surface area contributed by atoms with Crippen molar-refractivity contribution in [3.8, 4) is 0 Å². The smallest absolute Gasteiger partial charge is 0.0144 e. The van der Waals surface area contributed by atoms with Crippen LogP contribution in [0.4, 0.5) is 0 Å². The van der Waals surface area contributed by atoms with Crippen LogP contribution in [0.5, 0.6) is 0 Å². The normalized spacial score (nSPS) is 13.1. The maximum absolute atomic E-state index is 3.78. The van der Waals surface area contributed by atoms with Crippen LogP contribution in [-0.4, -0.2) is 12.6 Å². The first-order chi connectivity index (χ1) is 8.81. The lowest BCUT2D eigenvalue weighted by molar-refractivity contribution is 0.310. The first kappa shape index (κ1) is 15.7. The molecule has 18 heavy (non-hydrogen) atoms. The van der Waals surface area contributed by atoms with Gasteiger partial charge in [0.25, 0.3) is 0 Å². The van der Waals surface area contributed by atoms with Crippen LogP contribution in [0.2, 0.25) is 0 Å². The van der Waals surface area contributed by atoms with Gasteiger partial charge in [-0.1, -0.05) is 39.7 Å². The Hall–Kier alpha value is -0.340. The van der Waals surface area contributed by atoms with E-state index in [2.05, 4.69) is 43.6 Å². The molecular weight excluding hydrogens is 238 g/mol. The molecule has 1 N–H and O–H groups in total. The lowest BCUT2D eigenvalue weighted by Gasteiger charge is -2.27. The summed E-state index contributed by atoms with van der Waals surface area (Å²) in [6.45, 7) is 8.03. The maximum atomic E-state index is 3.78. The van der Waals surface area contributed by atoms with Crippen LogP contribution in [-0.2, 0) is 6.42 Å². The van der Waals surface area contributed by atoms with Gasteiger partial charge < -0.3 is 5.32 Å². The van der Waals surface area contributed by atoms with Crippen LogP contribution in [0.15, 0.2) is 17.5 Å². The summed E-state index contributed by atoms with van der Waals surface area (Å²) in [4.78, 5) is 1.53. The van der Waals surface area contributed by atoms with Crippen molar-refractivity contribution in [2.45, 2.75) is 65.3 Å². The fourth-order valence-electron chi connectivity index (χ4n) is 2.67. The van der Waals surface area contributed by atoms with Crippen LogP contribution < -0.4 is 5.32 Å². The molecule has 1 nitrogen and oxygen atoms in total. The molecule has 1 aromatic rings. The highest BCUT2D eigenvalue weighted by Gasteiger charge is 2.20. The highest BCUT2D eigenvalue weighted by molar-refractivity contribution is 7.09. The first-order valence-corrected chi connectivity index (χ1v) is 8.45. The minimum atomic E-state index is 0.670. The summed E-state index contributed by atoms with van der Waals surface area (Å²) >= 11 is 1.90. The Balaban J connectivity index is 2.61. The molecule has 2 heteroatoms. The van der Waals surface area contributed by atoms with Crippen LogP contribution in [0.25, 0.3) is 0 Å². The molecule has 104 valence electrons. The number of hydrogen-bond donors (Lipinski definition) is 1. The monoisotopic (exact) mass is 267 g/mol. The average molecular weight is 267 g/mol. The zero-order valence-corrected chi connectivity index (χ0v) is 13.1. The summed E-state index contributed by atoms with van der Waals surface area (Å²) in [5.41, 5.74) is 0. The molecule has 1 unspecified atom stereocenters. The van der Waals surface area contributed by atoms with Gasteiger partial charge in [0.15, 0.2) is 0 Å². The minimum absolute atomic E-state index is 0.670. The standard InChI is InChI=1S/C16H29NS/c1-4-8-14(9-5-2)16(17-11-6-3)13-15-10-7-12-18-15/h7,10,12,14,16-17H,4-6,8-9,11,13H2,1-3H3. The molecule has 0 aliphatic heterocycles. The minimum Gasteiger partial charge on any atom is -0.313 e. The Labute approximate surface area is 117 Å². The van der Waals surface area contributed by atoms with Crippen molar-refractivity contribution in [3.05, 3.63) is 22.4 Å². The molecule has 0 amide bonds. The van der Waals surface area contributed by atoms with Crippen molar-refractivity contribution in [3.63, 3.8) is 0 Å². The van der Waals surface area contributed by atoms with E-state index >= 15 is 0 Å². The van der Waals surface area contributed by atoms with E-state index in [0.29, 0.717) is 6.04 Å². The second kappa shape index (κ2) is 9.57. The van der Waals surface area contributed by atoms with Gasteiger partial charge in [0, 0.05) is 10.9 Å². The summed E-state index contributed by atoms with van der Waals surface area (Å²) in [6, 6.07) is 5.12. The summed E-state index contributed by atoms with van der Waals surface area (Å²) in [5, 5.41) is 5.98. The molecule has 1 heterocycles. The number of hydrogen-bond acceptors (Lipinski definition) is 2.